The molecule has 0 unspecified atom stereocenters. The van der Waals surface area contributed by atoms with Gasteiger partial charge in [-0.2, -0.15) is 0 Å². The molecule has 4 nitrogen and oxygen atoms in total. The molecule has 1 N–H and O–H groups in total. The summed E-state index contributed by atoms with van der Waals surface area (Å²) in [7, 11) is 0. The van der Waals surface area contributed by atoms with Gasteiger partial charge >= 0.3 is 0 Å². The molecule has 23 heavy (non-hydrogen) atoms. The van der Waals surface area contributed by atoms with Crippen LogP contribution in [0.5, 0.6) is 0 Å². The highest BCUT2D eigenvalue weighted by atomic mass is 16.5. The molecule has 1 aromatic carbocycles. The van der Waals surface area contributed by atoms with Crippen LogP contribution in [0.3, 0.4) is 0 Å². The first-order valence-electron chi connectivity index (χ1n) is 8.69. The van der Waals surface area contributed by atoms with Crippen LogP contribution in [0, 0.1) is 5.92 Å². The summed E-state index contributed by atoms with van der Waals surface area (Å²) in [5.74, 6) is 0.995. The van der Waals surface area contributed by atoms with Crippen molar-refractivity contribution >= 4 is 5.91 Å². The number of hydrogen-bond donors (Lipinski definition) is 1. The molecule has 1 heterocycles. The third-order valence-corrected chi connectivity index (χ3v) is 4.60. The highest BCUT2D eigenvalue weighted by molar-refractivity contribution is 5.94. The molecule has 1 aromatic rings. The predicted molar refractivity (Wildman–Crippen MR) is 93.9 cm³/mol. The largest absolute Gasteiger partial charge is 0.379 e. The third kappa shape index (κ3) is 5.05. The van der Waals surface area contributed by atoms with Crippen molar-refractivity contribution in [1.29, 1.82) is 0 Å². The molecule has 1 aliphatic heterocycles. The van der Waals surface area contributed by atoms with E-state index >= 15 is 0 Å². The molecule has 4 heteroatoms. The first-order valence-corrected chi connectivity index (χ1v) is 8.69. The van der Waals surface area contributed by atoms with Gasteiger partial charge in [0.15, 0.2) is 0 Å². The van der Waals surface area contributed by atoms with Gasteiger partial charge in [0.05, 0.1) is 13.2 Å². The third-order valence-electron chi connectivity index (χ3n) is 4.60. The molecule has 0 aromatic heterocycles. The Hall–Kier alpha value is -1.39. The van der Waals surface area contributed by atoms with Crippen LogP contribution in [0.2, 0.25) is 0 Å². The molecule has 1 fully saturated rings. The number of ether oxygens (including phenoxy) is 1. The summed E-state index contributed by atoms with van der Waals surface area (Å²) in [5.41, 5.74) is 1.99. The lowest BCUT2D eigenvalue weighted by Crippen LogP contribution is -2.51. The van der Waals surface area contributed by atoms with Gasteiger partial charge in [-0.25, -0.2) is 0 Å². The lowest BCUT2D eigenvalue weighted by molar-refractivity contribution is 0.00673. The minimum atomic E-state index is 0.0132. The van der Waals surface area contributed by atoms with E-state index in [1.807, 2.05) is 24.3 Å². The van der Waals surface area contributed by atoms with Crippen molar-refractivity contribution < 1.29 is 9.53 Å². The summed E-state index contributed by atoms with van der Waals surface area (Å²) in [4.78, 5) is 14.8. The number of nitrogens with zero attached hydrogens (tertiary/aromatic N) is 1. The second-order valence-electron chi connectivity index (χ2n) is 6.95. The van der Waals surface area contributed by atoms with Crippen molar-refractivity contribution in [2.45, 2.75) is 39.7 Å². The van der Waals surface area contributed by atoms with E-state index in [2.05, 4.69) is 37.9 Å². The van der Waals surface area contributed by atoms with E-state index in [0.29, 0.717) is 24.4 Å². The fourth-order valence-corrected chi connectivity index (χ4v) is 3.01. The monoisotopic (exact) mass is 318 g/mol. The molecular formula is C19H30N2O2. The van der Waals surface area contributed by atoms with Crippen LogP contribution in [0.15, 0.2) is 24.3 Å². The van der Waals surface area contributed by atoms with Crippen LogP contribution in [0.1, 0.15) is 49.5 Å². The Kier molecular flexibility index (Phi) is 6.60. The normalized spacial score (nSPS) is 17.5. The van der Waals surface area contributed by atoms with Gasteiger partial charge in [0.2, 0.25) is 0 Å². The summed E-state index contributed by atoms with van der Waals surface area (Å²) < 4.78 is 5.43. The fraction of sp³-hybridized carbons (Fsp3) is 0.632. The van der Waals surface area contributed by atoms with Crippen LogP contribution in [0.25, 0.3) is 0 Å². The Bertz CT molecular complexity index is 491. The van der Waals surface area contributed by atoms with Gasteiger partial charge in [-0.1, -0.05) is 39.8 Å². The number of carbonyl (C=O) groups excluding carboxylic acids is 1. The number of carbonyl (C=O) groups is 1. The van der Waals surface area contributed by atoms with E-state index in [1.54, 1.807) is 0 Å². The average molecular weight is 318 g/mol. The molecule has 0 bridgehead atoms. The lowest BCUT2D eigenvalue weighted by atomic mass is 10.0. The van der Waals surface area contributed by atoms with Gasteiger partial charge < -0.3 is 10.1 Å². The Morgan fingerprint density at radius 2 is 1.74 bits per heavy atom. The Morgan fingerprint density at radius 3 is 2.26 bits per heavy atom. The Labute approximate surface area is 140 Å². The molecule has 1 aliphatic rings. The molecular weight excluding hydrogens is 288 g/mol. The lowest BCUT2D eigenvalue weighted by Gasteiger charge is -2.36. The summed E-state index contributed by atoms with van der Waals surface area (Å²) in [6, 6.07) is 8.29. The van der Waals surface area contributed by atoms with E-state index in [4.69, 9.17) is 4.74 Å². The summed E-state index contributed by atoms with van der Waals surface area (Å²) >= 11 is 0. The second kappa shape index (κ2) is 8.46. The highest BCUT2D eigenvalue weighted by Gasteiger charge is 2.24. The second-order valence-corrected chi connectivity index (χ2v) is 6.95. The van der Waals surface area contributed by atoms with Crippen molar-refractivity contribution in [3.8, 4) is 0 Å². The van der Waals surface area contributed by atoms with Gasteiger partial charge in [-0.15, -0.1) is 0 Å². The Morgan fingerprint density at radius 1 is 1.13 bits per heavy atom. The van der Waals surface area contributed by atoms with E-state index < -0.39 is 0 Å². The molecule has 1 atom stereocenters. The zero-order valence-electron chi connectivity index (χ0n) is 14.8. The first kappa shape index (κ1) is 18.0. The number of morpholine rings is 1. The van der Waals surface area contributed by atoms with Crippen LogP contribution < -0.4 is 5.32 Å². The maximum atomic E-state index is 12.4. The maximum absolute atomic E-state index is 12.4. The Balaban J connectivity index is 1.92. The minimum Gasteiger partial charge on any atom is -0.379 e. The van der Waals surface area contributed by atoms with Crippen LogP contribution >= 0.6 is 0 Å². The SMILES string of the molecule is CC(C)c1ccc(C(=O)NC[C@@H](C(C)C)N2CCOCC2)cc1. The number of amides is 1. The molecule has 0 radical (unpaired) electrons. The molecule has 128 valence electrons. The first-order chi connectivity index (χ1) is 11.0. The van der Waals surface area contributed by atoms with Gasteiger partial charge in [0.1, 0.15) is 0 Å². The van der Waals surface area contributed by atoms with Crippen molar-refractivity contribution in [2.75, 3.05) is 32.8 Å². The maximum Gasteiger partial charge on any atom is 0.251 e. The topological polar surface area (TPSA) is 41.6 Å². The van der Waals surface area contributed by atoms with E-state index in [0.717, 1.165) is 31.9 Å². The van der Waals surface area contributed by atoms with E-state index in [9.17, 15) is 4.79 Å². The van der Waals surface area contributed by atoms with Gasteiger partial charge in [-0.05, 0) is 29.5 Å². The molecule has 1 saturated heterocycles. The van der Waals surface area contributed by atoms with Crippen LogP contribution in [-0.2, 0) is 4.74 Å². The minimum absolute atomic E-state index is 0.0132. The summed E-state index contributed by atoms with van der Waals surface area (Å²) in [6.45, 7) is 12.9. The highest BCUT2D eigenvalue weighted by Crippen LogP contribution is 2.15. The van der Waals surface area contributed by atoms with E-state index in [-0.39, 0.29) is 5.91 Å². The molecule has 1 amide bonds. The number of benzene rings is 1. The van der Waals surface area contributed by atoms with Gasteiger partial charge in [-0.3, -0.25) is 9.69 Å². The van der Waals surface area contributed by atoms with Crippen molar-refractivity contribution in [2.24, 2.45) is 5.92 Å². The quantitative estimate of drug-likeness (QED) is 0.877. The molecule has 0 spiro atoms. The summed E-state index contributed by atoms with van der Waals surface area (Å²) in [6.07, 6.45) is 0. The number of nitrogens with one attached hydrogen (secondary N) is 1. The standard InChI is InChI=1S/C19H30N2O2/c1-14(2)16-5-7-17(8-6-16)19(22)20-13-18(15(3)4)21-9-11-23-12-10-21/h5-8,14-15,18H,9-13H2,1-4H3,(H,20,22)/t18-/m0/s1. The molecule has 2 rings (SSSR count). The fourth-order valence-electron chi connectivity index (χ4n) is 3.01. The smallest absolute Gasteiger partial charge is 0.251 e. The zero-order valence-corrected chi connectivity index (χ0v) is 14.8. The summed E-state index contributed by atoms with van der Waals surface area (Å²) in [5, 5.41) is 3.10. The molecule has 0 aliphatic carbocycles. The van der Waals surface area contributed by atoms with Gasteiger partial charge in [0.25, 0.3) is 5.91 Å². The van der Waals surface area contributed by atoms with Crippen LogP contribution in [0.4, 0.5) is 0 Å². The number of rotatable bonds is 6. The van der Waals surface area contributed by atoms with Crippen molar-refractivity contribution in [3.05, 3.63) is 35.4 Å². The number of hydrogen-bond acceptors (Lipinski definition) is 3. The average Bonchev–Trinajstić information content (AvgIpc) is 2.55. The van der Waals surface area contributed by atoms with Crippen LogP contribution in [-0.4, -0.2) is 49.7 Å². The zero-order chi connectivity index (χ0) is 16.8. The molecule has 0 saturated carbocycles. The van der Waals surface area contributed by atoms with Crippen molar-refractivity contribution in [3.63, 3.8) is 0 Å². The predicted octanol–water partition coefficient (Wildman–Crippen LogP) is 2.90. The van der Waals surface area contributed by atoms with Gasteiger partial charge in [0, 0.05) is 31.2 Å². The van der Waals surface area contributed by atoms with E-state index in [1.165, 1.54) is 5.56 Å². The van der Waals surface area contributed by atoms with Crippen molar-refractivity contribution in [1.82, 2.24) is 10.2 Å².